The van der Waals surface area contributed by atoms with Gasteiger partial charge in [0.15, 0.2) is 5.69 Å². The Hall–Kier alpha value is -3.44. The largest absolute Gasteiger partial charge is 0.463 e. The third kappa shape index (κ3) is 5.32. The van der Waals surface area contributed by atoms with E-state index < -0.39 is 23.7 Å². The van der Waals surface area contributed by atoms with Crippen molar-refractivity contribution in [2.24, 2.45) is 11.7 Å². The van der Waals surface area contributed by atoms with Crippen LogP contribution in [-0.2, 0) is 0 Å². The summed E-state index contributed by atoms with van der Waals surface area (Å²) in [6.45, 7) is 3.09. The van der Waals surface area contributed by atoms with Gasteiger partial charge in [0.05, 0.1) is 5.92 Å². The molecule has 1 unspecified atom stereocenters. The van der Waals surface area contributed by atoms with Gasteiger partial charge in [-0.15, -0.1) is 0 Å². The number of hydrogen-bond donors (Lipinski definition) is 2. The number of aromatic nitrogens is 4. The van der Waals surface area contributed by atoms with Crippen LogP contribution in [0.25, 0.3) is 0 Å². The molecule has 33 heavy (non-hydrogen) atoms. The van der Waals surface area contributed by atoms with Crippen LogP contribution in [0.1, 0.15) is 58.9 Å². The summed E-state index contributed by atoms with van der Waals surface area (Å²) in [4.78, 5) is 41.3. The summed E-state index contributed by atoms with van der Waals surface area (Å²) < 4.78 is 31.8. The lowest BCUT2D eigenvalue weighted by Crippen LogP contribution is -2.37. The summed E-state index contributed by atoms with van der Waals surface area (Å²) in [6, 6.07) is 5.19. The molecule has 176 valence electrons. The van der Waals surface area contributed by atoms with Gasteiger partial charge in [-0.1, -0.05) is 0 Å². The van der Waals surface area contributed by atoms with Gasteiger partial charge in [-0.05, 0) is 25.8 Å². The van der Waals surface area contributed by atoms with Crippen molar-refractivity contribution in [1.29, 1.82) is 0 Å². The fourth-order valence-electron chi connectivity index (χ4n) is 3.78. The molecule has 2 fully saturated rings. The summed E-state index contributed by atoms with van der Waals surface area (Å²) in [6.07, 6.45) is 1.26. The summed E-state index contributed by atoms with van der Waals surface area (Å²) >= 11 is 0. The minimum absolute atomic E-state index is 0.121. The van der Waals surface area contributed by atoms with Gasteiger partial charge >= 0.3 is 11.9 Å². The number of piperidine rings is 1. The monoisotopic (exact) mass is 462 g/mol. The van der Waals surface area contributed by atoms with Crippen molar-refractivity contribution in [2.45, 2.75) is 38.0 Å². The molecule has 2 aromatic heterocycles. The number of anilines is 1. The Labute approximate surface area is 189 Å². The third-order valence-corrected chi connectivity index (χ3v) is 5.81. The van der Waals surface area contributed by atoms with Crippen molar-refractivity contribution >= 4 is 17.8 Å². The maximum Gasteiger partial charge on any atom is 0.321 e. The second-order valence-electron chi connectivity index (χ2n) is 8.22. The maximum atomic E-state index is 13.2. The topological polar surface area (TPSA) is 137 Å². The first-order valence-corrected chi connectivity index (χ1v) is 10.9. The molecule has 0 aromatic carbocycles. The Morgan fingerprint density at radius 1 is 1.27 bits per heavy atom. The highest BCUT2D eigenvalue weighted by molar-refractivity contribution is 5.90. The van der Waals surface area contributed by atoms with Gasteiger partial charge in [-0.25, -0.2) is 13.8 Å². The predicted octanol–water partition coefficient (Wildman–Crippen LogP) is 0.952. The van der Waals surface area contributed by atoms with E-state index in [0.717, 1.165) is 18.5 Å². The van der Waals surface area contributed by atoms with E-state index in [1.807, 2.05) is 11.0 Å². The summed E-state index contributed by atoms with van der Waals surface area (Å²) in [5, 5.41) is 2.62. The van der Waals surface area contributed by atoms with E-state index in [4.69, 9.17) is 10.5 Å². The predicted molar refractivity (Wildman–Crippen MR) is 112 cm³/mol. The number of halogens is 2. The fraction of sp³-hybridized carbons (Fsp3) is 0.524. The number of amides is 2. The lowest BCUT2D eigenvalue weighted by atomic mass is 9.93. The molecule has 1 saturated carbocycles. The highest BCUT2D eigenvalue weighted by atomic mass is 19.3. The van der Waals surface area contributed by atoms with Crippen molar-refractivity contribution in [3.05, 3.63) is 35.4 Å². The average molecular weight is 462 g/mol. The second-order valence-corrected chi connectivity index (χ2v) is 8.22. The Morgan fingerprint density at radius 3 is 2.64 bits per heavy atom. The number of alkyl halides is 2. The zero-order chi connectivity index (χ0) is 23.6. The van der Waals surface area contributed by atoms with Crippen molar-refractivity contribution in [3.8, 4) is 6.01 Å². The Morgan fingerprint density at radius 2 is 2.00 bits per heavy atom. The Balaban J connectivity index is 1.47. The molecular weight excluding hydrogens is 436 g/mol. The van der Waals surface area contributed by atoms with Gasteiger partial charge in [-0.3, -0.25) is 9.59 Å². The van der Waals surface area contributed by atoms with E-state index >= 15 is 0 Å². The fourth-order valence-corrected chi connectivity index (χ4v) is 3.78. The molecule has 4 N–H and O–H groups in total. The van der Waals surface area contributed by atoms with Crippen LogP contribution in [0.5, 0.6) is 6.01 Å². The molecule has 1 atom stereocenters. The number of hydrogen-bond acceptors (Lipinski definition) is 7. The minimum atomic E-state index is -2.72. The first kappa shape index (κ1) is 22.7. The SMILES string of the molecule is CCNC(=O)c1nc(OCC2CC2(F)F)nc(N2CCC(c3cccc(C(N)=O)[nH+]3)CC2)n1. The average Bonchev–Trinajstić information content (AvgIpc) is 3.44. The van der Waals surface area contributed by atoms with E-state index in [0.29, 0.717) is 25.3 Å². The van der Waals surface area contributed by atoms with Crippen LogP contribution in [-0.4, -0.2) is 58.9 Å². The second kappa shape index (κ2) is 9.20. The molecule has 1 saturated heterocycles. The number of nitrogens with one attached hydrogen (secondary N) is 2. The molecular formula is C21H26F2N7O3+. The number of carbonyl (C=O) groups excluding carboxylic acids is 2. The molecule has 3 heterocycles. The molecule has 12 heteroatoms. The highest BCUT2D eigenvalue weighted by Gasteiger charge is 2.57. The zero-order valence-electron chi connectivity index (χ0n) is 18.2. The molecule has 1 aliphatic carbocycles. The maximum absolute atomic E-state index is 13.2. The van der Waals surface area contributed by atoms with Gasteiger partial charge in [0, 0.05) is 44.1 Å². The normalized spacial score (nSPS) is 19.7. The van der Waals surface area contributed by atoms with Gasteiger partial charge in [0.2, 0.25) is 11.8 Å². The van der Waals surface area contributed by atoms with Gasteiger partial charge in [0.1, 0.15) is 6.61 Å². The lowest BCUT2D eigenvalue weighted by Gasteiger charge is -2.30. The first-order chi connectivity index (χ1) is 15.8. The molecule has 2 aromatic rings. The van der Waals surface area contributed by atoms with E-state index in [-0.39, 0.29) is 36.7 Å². The number of ether oxygens (including phenoxy) is 1. The zero-order valence-corrected chi connectivity index (χ0v) is 18.2. The highest BCUT2D eigenvalue weighted by Crippen LogP contribution is 2.48. The summed E-state index contributed by atoms with van der Waals surface area (Å²) in [7, 11) is 0. The van der Waals surface area contributed by atoms with Crippen LogP contribution < -0.4 is 25.7 Å². The van der Waals surface area contributed by atoms with Crippen LogP contribution in [0, 0.1) is 5.92 Å². The standard InChI is InChI=1S/C21H25F2N7O3/c1-2-25-18(32)17-27-19(29-20(28-17)33-11-13-10-21(13,22)23)30-8-6-12(7-9-30)14-4-3-5-15(26-14)16(24)31/h3-5,12-13H,2,6-11H2,1H3,(H2,24,31)(H,25,32)/p+1. The molecule has 10 nitrogen and oxygen atoms in total. The first-order valence-electron chi connectivity index (χ1n) is 10.9. The van der Waals surface area contributed by atoms with Gasteiger partial charge in [-0.2, -0.15) is 15.0 Å². The van der Waals surface area contributed by atoms with Crippen LogP contribution in [0.2, 0.25) is 0 Å². The van der Waals surface area contributed by atoms with E-state index in [9.17, 15) is 18.4 Å². The van der Waals surface area contributed by atoms with Gasteiger partial charge in [0.25, 0.3) is 17.5 Å². The number of rotatable bonds is 8. The number of nitrogens with two attached hydrogens (primary N) is 1. The Bertz CT molecular complexity index is 1040. The molecule has 0 bridgehead atoms. The molecule has 2 amide bonds. The van der Waals surface area contributed by atoms with E-state index in [1.54, 1.807) is 19.1 Å². The molecule has 4 rings (SSSR count). The Kier molecular flexibility index (Phi) is 6.34. The molecule has 2 aliphatic rings. The molecule has 0 radical (unpaired) electrons. The van der Waals surface area contributed by atoms with Gasteiger partial charge < -0.3 is 20.7 Å². The van der Waals surface area contributed by atoms with Crippen molar-refractivity contribution < 1.29 is 28.1 Å². The van der Waals surface area contributed by atoms with Crippen molar-refractivity contribution in [2.75, 3.05) is 31.1 Å². The van der Waals surface area contributed by atoms with E-state index in [1.165, 1.54) is 0 Å². The molecule has 0 spiro atoms. The quantitative estimate of drug-likeness (QED) is 0.596. The smallest absolute Gasteiger partial charge is 0.321 e. The summed E-state index contributed by atoms with van der Waals surface area (Å²) in [5.41, 5.74) is 6.62. The number of aromatic amines is 1. The number of pyridine rings is 1. The van der Waals surface area contributed by atoms with Crippen LogP contribution in [0.4, 0.5) is 14.7 Å². The number of nitrogens with zero attached hydrogens (tertiary/aromatic N) is 4. The van der Waals surface area contributed by atoms with E-state index in [2.05, 4.69) is 25.3 Å². The van der Waals surface area contributed by atoms with Crippen molar-refractivity contribution in [1.82, 2.24) is 20.3 Å². The number of carbonyl (C=O) groups is 2. The summed E-state index contributed by atoms with van der Waals surface area (Å²) in [5.74, 6) is -4.28. The van der Waals surface area contributed by atoms with Crippen LogP contribution in [0.15, 0.2) is 18.2 Å². The number of primary amides is 1. The minimum Gasteiger partial charge on any atom is -0.463 e. The van der Waals surface area contributed by atoms with Crippen LogP contribution >= 0.6 is 0 Å². The third-order valence-electron chi connectivity index (χ3n) is 5.81. The lowest BCUT2D eigenvalue weighted by molar-refractivity contribution is -0.397. The molecule has 1 aliphatic heterocycles. The van der Waals surface area contributed by atoms with Crippen molar-refractivity contribution in [3.63, 3.8) is 0 Å². The van der Waals surface area contributed by atoms with Crippen LogP contribution in [0.3, 0.4) is 0 Å². The number of H-pyrrole nitrogens is 1.